The van der Waals surface area contributed by atoms with Gasteiger partial charge in [0, 0.05) is 4.47 Å². The van der Waals surface area contributed by atoms with Crippen LogP contribution >= 0.6 is 27.7 Å². The lowest BCUT2D eigenvalue weighted by molar-refractivity contribution is -0.113. The molecule has 0 aliphatic heterocycles. The summed E-state index contributed by atoms with van der Waals surface area (Å²) >= 11 is 4.42. The lowest BCUT2D eigenvalue weighted by Gasteiger charge is -2.06. The number of nitrogens with zero attached hydrogens (tertiary/aromatic N) is 4. The van der Waals surface area contributed by atoms with Gasteiger partial charge in [-0.25, -0.2) is 4.39 Å². The second-order valence-corrected chi connectivity index (χ2v) is 6.56. The first-order valence-electron chi connectivity index (χ1n) is 6.60. The van der Waals surface area contributed by atoms with Crippen molar-refractivity contribution in [2.24, 2.45) is 0 Å². The third kappa shape index (κ3) is 3.67. The van der Waals surface area contributed by atoms with Gasteiger partial charge >= 0.3 is 0 Å². The van der Waals surface area contributed by atoms with E-state index in [-0.39, 0.29) is 17.3 Å². The third-order valence-corrected chi connectivity index (χ3v) is 4.36. The maximum atomic E-state index is 13.7. The predicted octanol–water partition coefficient (Wildman–Crippen LogP) is 3.07. The van der Waals surface area contributed by atoms with Gasteiger partial charge in [0.1, 0.15) is 10.8 Å². The van der Waals surface area contributed by atoms with Gasteiger partial charge in [0.05, 0.1) is 11.4 Å². The van der Waals surface area contributed by atoms with E-state index in [1.807, 2.05) is 0 Å². The van der Waals surface area contributed by atoms with E-state index in [4.69, 9.17) is 0 Å². The Kier molecular flexibility index (Phi) is 4.58. The number of nitrogens with one attached hydrogen (secondary N) is 1. The molecule has 0 atom stereocenters. The van der Waals surface area contributed by atoms with Crippen LogP contribution in [0.3, 0.4) is 0 Å². The van der Waals surface area contributed by atoms with Crippen LogP contribution in [0.2, 0.25) is 0 Å². The van der Waals surface area contributed by atoms with Crippen LogP contribution in [0.5, 0.6) is 0 Å². The molecular weight excluding hydrogens is 385 g/mol. The molecule has 1 aromatic carbocycles. The summed E-state index contributed by atoms with van der Waals surface area (Å²) in [5.74, 6) is -0.00495. The number of fused-ring (bicyclic) bond motifs is 1. The Bertz CT molecular complexity index is 885. The molecule has 3 rings (SSSR count). The number of hydrogen-bond donors (Lipinski definition) is 1. The summed E-state index contributed by atoms with van der Waals surface area (Å²) in [5, 5.41) is 15.4. The summed E-state index contributed by atoms with van der Waals surface area (Å²) in [5.41, 5.74) is 0.796. The van der Waals surface area contributed by atoms with Crippen molar-refractivity contribution < 1.29 is 9.18 Å². The molecule has 9 heteroatoms. The van der Waals surface area contributed by atoms with Crippen molar-refractivity contribution in [1.29, 1.82) is 0 Å². The molecule has 0 fully saturated rings. The minimum absolute atomic E-state index is 0.120. The van der Waals surface area contributed by atoms with Crippen molar-refractivity contribution >= 4 is 44.9 Å². The van der Waals surface area contributed by atoms with Crippen LogP contribution in [0.1, 0.15) is 5.82 Å². The number of rotatable bonds is 4. The maximum Gasteiger partial charge on any atom is 0.234 e. The van der Waals surface area contributed by atoms with Gasteiger partial charge in [0.2, 0.25) is 5.91 Å². The minimum Gasteiger partial charge on any atom is -0.323 e. The number of carbonyl (C=O) groups excluding carboxylic acids is 1. The van der Waals surface area contributed by atoms with Gasteiger partial charge in [-0.3, -0.25) is 4.79 Å². The molecule has 2 heterocycles. The van der Waals surface area contributed by atoms with E-state index in [0.717, 1.165) is 0 Å². The quantitative estimate of drug-likeness (QED) is 0.687. The standard InChI is InChI=1S/C14H11BrFN5OS/c1-8-18-19-12-4-5-14(20-21(8)12)23-7-13(22)17-11-3-2-9(15)6-10(11)16/h2-6H,7H2,1H3,(H,17,22). The van der Waals surface area contributed by atoms with Crippen LogP contribution in [0.4, 0.5) is 10.1 Å². The Hall–Kier alpha value is -2.00. The number of carbonyl (C=O) groups is 1. The highest BCUT2D eigenvalue weighted by Gasteiger charge is 2.10. The SMILES string of the molecule is Cc1nnc2ccc(SCC(=O)Nc3ccc(Br)cc3F)nn12. The zero-order chi connectivity index (χ0) is 16.4. The second-order valence-electron chi connectivity index (χ2n) is 4.65. The van der Waals surface area contributed by atoms with E-state index in [1.54, 1.807) is 29.6 Å². The molecule has 0 radical (unpaired) electrons. The van der Waals surface area contributed by atoms with E-state index in [9.17, 15) is 9.18 Å². The third-order valence-electron chi connectivity index (χ3n) is 2.95. The minimum atomic E-state index is -0.489. The Labute approximate surface area is 143 Å². The van der Waals surface area contributed by atoms with Crippen molar-refractivity contribution in [3.8, 4) is 0 Å². The van der Waals surface area contributed by atoms with Crippen LogP contribution in [-0.2, 0) is 4.79 Å². The topological polar surface area (TPSA) is 72.2 Å². The van der Waals surface area contributed by atoms with Gasteiger partial charge in [0.25, 0.3) is 0 Å². The van der Waals surface area contributed by atoms with Gasteiger partial charge < -0.3 is 5.32 Å². The normalized spacial score (nSPS) is 10.9. The fourth-order valence-corrected chi connectivity index (χ4v) is 2.86. The number of anilines is 1. The molecule has 0 spiro atoms. The smallest absolute Gasteiger partial charge is 0.234 e. The molecule has 2 aromatic heterocycles. The molecule has 23 heavy (non-hydrogen) atoms. The number of hydrogen-bond acceptors (Lipinski definition) is 5. The number of thioether (sulfide) groups is 1. The molecule has 1 N–H and O–H groups in total. The molecule has 0 bridgehead atoms. The first-order valence-corrected chi connectivity index (χ1v) is 8.37. The average Bonchev–Trinajstić information content (AvgIpc) is 2.89. The monoisotopic (exact) mass is 395 g/mol. The fraction of sp³-hybridized carbons (Fsp3) is 0.143. The molecule has 0 aliphatic rings. The lowest BCUT2D eigenvalue weighted by atomic mass is 10.3. The summed E-state index contributed by atoms with van der Waals surface area (Å²) in [7, 11) is 0. The first kappa shape index (κ1) is 15.9. The van der Waals surface area contributed by atoms with E-state index in [2.05, 4.69) is 36.5 Å². The van der Waals surface area contributed by atoms with Crippen LogP contribution in [0.25, 0.3) is 5.65 Å². The van der Waals surface area contributed by atoms with Gasteiger partial charge in [-0.15, -0.1) is 10.2 Å². The number of amides is 1. The average molecular weight is 396 g/mol. The maximum absolute atomic E-state index is 13.7. The summed E-state index contributed by atoms with van der Waals surface area (Å²) in [6.07, 6.45) is 0. The molecule has 1 amide bonds. The highest BCUT2D eigenvalue weighted by Crippen LogP contribution is 2.20. The summed E-state index contributed by atoms with van der Waals surface area (Å²) in [6, 6.07) is 8.01. The number of aromatic nitrogens is 4. The van der Waals surface area contributed by atoms with E-state index >= 15 is 0 Å². The van der Waals surface area contributed by atoms with E-state index < -0.39 is 5.82 Å². The zero-order valence-electron chi connectivity index (χ0n) is 12.0. The van der Waals surface area contributed by atoms with Gasteiger partial charge in [-0.1, -0.05) is 27.7 Å². The van der Waals surface area contributed by atoms with Crippen molar-refractivity contribution in [2.75, 3.05) is 11.1 Å². The van der Waals surface area contributed by atoms with Crippen LogP contribution in [0.15, 0.2) is 39.8 Å². The van der Waals surface area contributed by atoms with Crippen molar-refractivity contribution in [2.45, 2.75) is 11.9 Å². The Morgan fingerprint density at radius 3 is 2.96 bits per heavy atom. The zero-order valence-corrected chi connectivity index (χ0v) is 14.4. The largest absolute Gasteiger partial charge is 0.323 e. The van der Waals surface area contributed by atoms with E-state index in [1.165, 1.54) is 23.9 Å². The first-order chi connectivity index (χ1) is 11.0. The molecule has 0 aliphatic carbocycles. The highest BCUT2D eigenvalue weighted by molar-refractivity contribution is 9.10. The Balaban J connectivity index is 1.64. The summed E-state index contributed by atoms with van der Waals surface area (Å²) in [6.45, 7) is 1.80. The van der Waals surface area contributed by atoms with Gasteiger partial charge in [0.15, 0.2) is 11.5 Å². The Morgan fingerprint density at radius 2 is 2.17 bits per heavy atom. The Morgan fingerprint density at radius 1 is 1.35 bits per heavy atom. The van der Waals surface area contributed by atoms with Gasteiger partial charge in [-0.05, 0) is 37.3 Å². The predicted molar refractivity (Wildman–Crippen MR) is 89.0 cm³/mol. The molecule has 3 aromatic rings. The lowest BCUT2D eigenvalue weighted by Crippen LogP contribution is -2.15. The molecule has 0 saturated carbocycles. The van der Waals surface area contributed by atoms with Gasteiger partial charge in [-0.2, -0.15) is 9.61 Å². The summed E-state index contributed by atoms with van der Waals surface area (Å²) < 4.78 is 15.9. The van der Waals surface area contributed by atoms with Crippen molar-refractivity contribution in [3.63, 3.8) is 0 Å². The van der Waals surface area contributed by atoms with Crippen LogP contribution < -0.4 is 5.32 Å². The molecule has 6 nitrogen and oxygen atoms in total. The van der Waals surface area contributed by atoms with Crippen molar-refractivity contribution in [1.82, 2.24) is 19.8 Å². The fourth-order valence-electron chi connectivity index (χ4n) is 1.87. The molecule has 0 unspecified atom stereocenters. The summed E-state index contributed by atoms with van der Waals surface area (Å²) in [4.78, 5) is 11.9. The molecule has 0 saturated heterocycles. The molecule has 118 valence electrons. The van der Waals surface area contributed by atoms with Crippen LogP contribution in [0, 0.1) is 12.7 Å². The van der Waals surface area contributed by atoms with Crippen molar-refractivity contribution in [3.05, 3.63) is 46.4 Å². The second kappa shape index (κ2) is 6.63. The number of aryl methyl sites for hydroxylation is 1. The highest BCUT2D eigenvalue weighted by atomic mass is 79.9. The number of benzene rings is 1. The number of halogens is 2. The van der Waals surface area contributed by atoms with Crippen LogP contribution in [-0.4, -0.2) is 31.5 Å². The molecular formula is C14H11BrFN5OS. The van der Waals surface area contributed by atoms with E-state index in [0.29, 0.717) is 21.0 Å².